The van der Waals surface area contributed by atoms with Gasteiger partial charge in [-0.15, -0.1) is 0 Å². The van der Waals surface area contributed by atoms with E-state index in [2.05, 4.69) is 9.97 Å². The number of amides is 2. The maximum atomic E-state index is 12.0. The second-order valence-corrected chi connectivity index (χ2v) is 4.77. The first-order valence-corrected chi connectivity index (χ1v) is 6.33. The average Bonchev–Trinajstić information content (AvgIpc) is 3.03. The number of imide groups is 1. The highest BCUT2D eigenvalue weighted by atomic mass is 16.3. The van der Waals surface area contributed by atoms with Crippen molar-refractivity contribution in [3.8, 4) is 11.5 Å². The lowest BCUT2D eigenvalue weighted by molar-refractivity contribution is 0.0693. The number of nitrogens with zero attached hydrogens (tertiary/aromatic N) is 3. The third-order valence-electron chi connectivity index (χ3n) is 3.50. The molecule has 0 aliphatic carbocycles. The molecule has 1 aliphatic heterocycles. The monoisotopic (exact) mass is 279 g/mol. The number of aromatic nitrogens is 2. The second-order valence-electron chi connectivity index (χ2n) is 4.77. The van der Waals surface area contributed by atoms with Gasteiger partial charge in [0.25, 0.3) is 11.8 Å². The molecule has 0 radical (unpaired) electrons. The molecule has 21 heavy (non-hydrogen) atoms. The van der Waals surface area contributed by atoms with Crippen LogP contribution in [0.3, 0.4) is 0 Å². The molecular formula is C15H9N3O3. The molecule has 4 rings (SSSR count). The fraction of sp³-hybridized carbons (Fsp3) is 0.0667. The summed E-state index contributed by atoms with van der Waals surface area (Å²) in [7, 11) is 1.47. The molecule has 6 nitrogen and oxygen atoms in total. The first kappa shape index (κ1) is 11.8. The topological polar surface area (TPSA) is 76.3 Å². The summed E-state index contributed by atoms with van der Waals surface area (Å²) < 4.78 is 5.62. The molecule has 0 spiro atoms. The maximum Gasteiger partial charge on any atom is 0.261 e. The summed E-state index contributed by atoms with van der Waals surface area (Å²) in [6.07, 6.45) is 1.63. The number of carbonyl (C=O) groups excluding carboxylic acids is 2. The van der Waals surface area contributed by atoms with E-state index in [4.69, 9.17) is 4.42 Å². The van der Waals surface area contributed by atoms with E-state index in [0.29, 0.717) is 33.8 Å². The van der Waals surface area contributed by atoms with E-state index >= 15 is 0 Å². The Bertz CT molecular complexity index is 880. The predicted octanol–water partition coefficient (Wildman–Crippen LogP) is 2.12. The van der Waals surface area contributed by atoms with Crippen molar-refractivity contribution < 1.29 is 14.0 Å². The van der Waals surface area contributed by atoms with Crippen molar-refractivity contribution >= 4 is 23.0 Å². The van der Waals surface area contributed by atoms with Gasteiger partial charge in [0.2, 0.25) is 5.89 Å². The summed E-state index contributed by atoms with van der Waals surface area (Å²) in [5.41, 5.74) is 2.50. The van der Waals surface area contributed by atoms with Crippen LogP contribution in [0.4, 0.5) is 0 Å². The van der Waals surface area contributed by atoms with Crippen molar-refractivity contribution in [3.63, 3.8) is 0 Å². The van der Waals surface area contributed by atoms with E-state index < -0.39 is 0 Å². The van der Waals surface area contributed by atoms with Crippen molar-refractivity contribution in [2.24, 2.45) is 0 Å². The largest absolute Gasteiger partial charge is 0.434 e. The van der Waals surface area contributed by atoms with Crippen LogP contribution in [0.1, 0.15) is 20.7 Å². The number of benzene rings is 1. The van der Waals surface area contributed by atoms with Crippen LogP contribution < -0.4 is 0 Å². The molecule has 1 aliphatic rings. The lowest BCUT2D eigenvalue weighted by Crippen LogP contribution is -2.24. The number of fused-ring (bicyclic) bond motifs is 2. The minimum Gasteiger partial charge on any atom is -0.434 e. The van der Waals surface area contributed by atoms with Gasteiger partial charge >= 0.3 is 0 Å². The highest BCUT2D eigenvalue weighted by Crippen LogP contribution is 2.28. The summed E-state index contributed by atoms with van der Waals surface area (Å²) >= 11 is 0. The van der Waals surface area contributed by atoms with Crippen LogP contribution in [0.2, 0.25) is 0 Å². The van der Waals surface area contributed by atoms with Crippen LogP contribution in [-0.2, 0) is 0 Å². The molecule has 0 bridgehead atoms. The quantitative estimate of drug-likeness (QED) is 0.638. The average molecular weight is 279 g/mol. The summed E-state index contributed by atoms with van der Waals surface area (Å²) in [5.74, 6) is -0.229. The number of pyridine rings is 1. The first-order chi connectivity index (χ1) is 10.1. The van der Waals surface area contributed by atoms with E-state index in [9.17, 15) is 9.59 Å². The summed E-state index contributed by atoms with van der Waals surface area (Å²) in [6.45, 7) is 0. The minimum atomic E-state index is -0.314. The highest BCUT2D eigenvalue weighted by molar-refractivity contribution is 6.21. The third-order valence-corrected chi connectivity index (χ3v) is 3.50. The molecule has 2 aromatic heterocycles. The van der Waals surface area contributed by atoms with Gasteiger partial charge in [-0.05, 0) is 30.3 Å². The van der Waals surface area contributed by atoms with Crippen molar-refractivity contribution in [1.82, 2.24) is 14.9 Å². The Morgan fingerprint density at radius 2 is 1.90 bits per heavy atom. The number of hydrogen-bond acceptors (Lipinski definition) is 5. The number of oxazole rings is 1. The summed E-state index contributed by atoms with van der Waals surface area (Å²) in [5, 5.41) is 0. The van der Waals surface area contributed by atoms with Crippen LogP contribution in [-0.4, -0.2) is 33.7 Å². The van der Waals surface area contributed by atoms with E-state index in [0.717, 1.165) is 4.90 Å². The zero-order valence-corrected chi connectivity index (χ0v) is 11.0. The Balaban J connectivity index is 1.88. The fourth-order valence-electron chi connectivity index (χ4n) is 2.39. The van der Waals surface area contributed by atoms with Crippen LogP contribution >= 0.6 is 0 Å². The molecule has 6 heteroatoms. The summed E-state index contributed by atoms with van der Waals surface area (Å²) in [6, 6.07) is 8.50. The van der Waals surface area contributed by atoms with Crippen LogP contribution in [0.5, 0.6) is 0 Å². The molecule has 3 aromatic rings. The second kappa shape index (κ2) is 3.99. The number of hydrogen-bond donors (Lipinski definition) is 0. The Morgan fingerprint density at radius 1 is 1.10 bits per heavy atom. The smallest absolute Gasteiger partial charge is 0.261 e. The lowest BCUT2D eigenvalue weighted by Gasteiger charge is -2.02. The zero-order chi connectivity index (χ0) is 14.6. The van der Waals surface area contributed by atoms with E-state index in [1.54, 1.807) is 36.5 Å². The molecule has 2 amide bonds. The molecule has 0 saturated carbocycles. The third kappa shape index (κ3) is 1.59. The van der Waals surface area contributed by atoms with Crippen LogP contribution in [0, 0.1) is 0 Å². The van der Waals surface area contributed by atoms with Gasteiger partial charge in [0.05, 0.1) is 11.1 Å². The predicted molar refractivity (Wildman–Crippen MR) is 73.7 cm³/mol. The van der Waals surface area contributed by atoms with Gasteiger partial charge < -0.3 is 4.42 Å². The summed E-state index contributed by atoms with van der Waals surface area (Å²) in [4.78, 5) is 33.3. The van der Waals surface area contributed by atoms with Gasteiger partial charge in [0.1, 0.15) is 0 Å². The first-order valence-electron chi connectivity index (χ1n) is 6.33. The molecule has 0 saturated heterocycles. The van der Waals surface area contributed by atoms with E-state index in [1.807, 2.05) is 0 Å². The zero-order valence-electron chi connectivity index (χ0n) is 11.0. The van der Waals surface area contributed by atoms with Crippen molar-refractivity contribution in [2.75, 3.05) is 7.05 Å². The lowest BCUT2D eigenvalue weighted by atomic mass is 10.1. The van der Waals surface area contributed by atoms with Gasteiger partial charge in [0, 0.05) is 18.8 Å². The van der Waals surface area contributed by atoms with Crippen molar-refractivity contribution in [3.05, 3.63) is 47.7 Å². The molecule has 102 valence electrons. The molecule has 0 fully saturated rings. The molecular weight excluding hydrogens is 270 g/mol. The van der Waals surface area contributed by atoms with Crippen molar-refractivity contribution in [2.45, 2.75) is 0 Å². The SMILES string of the molecule is CN1C(=O)c2ccc(-c3nc4ncccc4o3)cc2C1=O. The van der Waals surface area contributed by atoms with Gasteiger partial charge in [-0.3, -0.25) is 14.5 Å². The van der Waals surface area contributed by atoms with Crippen LogP contribution in [0.15, 0.2) is 40.9 Å². The highest BCUT2D eigenvalue weighted by Gasteiger charge is 2.33. The van der Waals surface area contributed by atoms with Gasteiger partial charge in [-0.2, -0.15) is 4.98 Å². The molecule has 1 aromatic carbocycles. The standard InChI is InChI=1S/C15H9N3O3/c1-18-14(19)9-5-4-8(7-10(9)15(18)20)13-17-12-11(21-13)3-2-6-16-12/h2-7H,1H3. The van der Waals surface area contributed by atoms with Gasteiger partial charge in [0.15, 0.2) is 11.2 Å². The molecule has 3 heterocycles. The molecule has 0 unspecified atom stereocenters. The van der Waals surface area contributed by atoms with E-state index in [-0.39, 0.29) is 11.8 Å². The number of rotatable bonds is 1. The molecule has 0 atom stereocenters. The van der Waals surface area contributed by atoms with Gasteiger partial charge in [-0.1, -0.05) is 0 Å². The Hall–Kier alpha value is -3.02. The Kier molecular flexibility index (Phi) is 2.24. The number of carbonyl (C=O) groups is 2. The van der Waals surface area contributed by atoms with Gasteiger partial charge in [-0.25, -0.2) is 4.98 Å². The Morgan fingerprint density at radius 3 is 2.71 bits per heavy atom. The maximum absolute atomic E-state index is 12.0. The van der Waals surface area contributed by atoms with Crippen molar-refractivity contribution in [1.29, 1.82) is 0 Å². The minimum absolute atomic E-state index is 0.291. The van der Waals surface area contributed by atoms with Crippen LogP contribution in [0.25, 0.3) is 22.7 Å². The Labute approximate surface area is 119 Å². The van der Waals surface area contributed by atoms with E-state index in [1.165, 1.54) is 7.05 Å². The fourth-order valence-corrected chi connectivity index (χ4v) is 2.39. The molecule has 0 N–H and O–H groups in total. The normalized spacial score (nSPS) is 14.0.